The Morgan fingerprint density at radius 2 is 2.04 bits per heavy atom. The fraction of sp³-hybridized carbons (Fsp3) is 0.312. The van der Waals surface area contributed by atoms with Crippen LogP contribution in [0.1, 0.15) is 12.0 Å². The number of fused-ring (bicyclic) bond motifs is 1. The average Bonchev–Trinajstić information content (AvgIpc) is 2.54. The van der Waals surface area contributed by atoms with Gasteiger partial charge in [-0.25, -0.2) is 13.1 Å². The molecule has 124 valence electrons. The van der Waals surface area contributed by atoms with E-state index in [1.54, 1.807) is 6.20 Å². The van der Waals surface area contributed by atoms with Crippen LogP contribution < -0.4 is 10.0 Å². The minimum atomic E-state index is -3.38. The molecule has 0 saturated heterocycles. The van der Waals surface area contributed by atoms with Gasteiger partial charge in [0.05, 0.1) is 11.3 Å². The van der Waals surface area contributed by atoms with Crippen molar-refractivity contribution >= 4 is 33.3 Å². The van der Waals surface area contributed by atoms with Gasteiger partial charge in [0, 0.05) is 24.7 Å². The fourth-order valence-corrected chi connectivity index (χ4v) is 3.72. The molecule has 5 nitrogen and oxygen atoms in total. The topological polar surface area (TPSA) is 71.1 Å². The molecule has 2 heterocycles. The van der Waals surface area contributed by atoms with E-state index in [4.69, 9.17) is 0 Å². The molecular weight excluding hydrogens is 334 g/mol. The van der Waals surface area contributed by atoms with E-state index in [-0.39, 0.29) is 18.2 Å². The summed E-state index contributed by atoms with van der Waals surface area (Å²) in [6.45, 7) is 2.10. The first-order chi connectivity index (χ1) is 10.6. The van der Waals surface area contributed by atoms with Crippen LogP contribution in [0.15, 0.2) is 48.2 Å². The molecule has 0 atom stereocenters. The van der Waals surface area contributed by atoms with Crippen molar-refractivity contribution in [1.29, 1.82) is 0 Å². The highest BCUT2D eigenvalue weighted by Crippen LogP contribution is 2.18. The van der Waals surface area contributed by atoms with Crippen LogP contribution in [0.4, 0.5) is 0 Å². The van der Waals surface area contributed by atoms with Crippen LogP contribution in [-0.2, 0) is 15.8 Å². The van der Waals surface area contributed by atoms with Gasteiger partial charge in [0.15, 0.2) is 0 Å². The van der Waals surface area contributed by atoms with Gasteiger partial charge in [-0.05, 0) is 24.6 Å². The Kier molecular flexibility index (Phi) is 6.12. The molecule has 0 unspecified atom stereocenters. The summed E-state index contributed by atoms with van der Waals surface area (Å²) in [5.41, 5.74) is 2.61. The highest BCUT2D eigenvalue weighted by molar-refractivity contribution is 7.88. The summed E-state index contributed by atoms with van der Waals surface area (Å²) in [5, 5.41) is 4.16. The second-order valence-corrected chi connectivity index (χ2v) is 7.20. The molecule has 0 aliphatic carbocycles. The Balaban J connectivity index is 0.00000192. The molecule has 2 aromatic rings. The zero-order chi connectivity index (χ0) is 15.4. The minimum absolute atomic E-state index is 0. The van der Waals surface area contributed by atoms with Gasteiger partial charge in [-0.2, -0.15) is 0 Å². The molecule has 0 radical (unpaired) electrons. The lowest BCUT2D eigenvalue weighted by Gasteiger charge is -2.15. The summed E-state index contributed by atoms with van der Waals surface area (Å²) in [5.74, 6) is -0.0487. The normalized spacial score (nSPS) is 15.0. The van der Waals surface area contributed by atoms with Crippen molar-refractivity contribution in [2.75, 3.05) is 19.6 Å². The molecule has 23 heavy (non-hydrogen) atoms. The van der Waals surface area contributed by atoms with Gasteiger partial charge < -0.3 is 5.32 Å². The average molecular weight is 354 g/mol. The number of nitrogens with one attached hydrogen (secondary N) is 2. The van der Waals surface area contributed by atoms with Crippen molar-refractivity contribution in [2.45, 2.75) is 12.2 Å². The maximum absolute atomic E-state index is 12.3. The zero-order valence-electron chi connectivity index (χ0n) is 12.7. The Bertz CT molecular complexity index is 801. The van der Waals surface area contributed by atoms with Gasteiger partial charge in [0.2, 0.25) is 10.0 Å². The molecule has 1 aromatic heterocycles. The fourth-order valence-electron chi connectivity index (χ4n) is 2.57. The van der Waals surface area contributed by atoms with Gasteiger partial charge >= 0.3 is 0 Å². The molecule has 0 bridgehead atoms. The number of nitrogens with zero attached hydrogens (tertiary/aromatic N) is 1. The van der Waals surface area contributed by atoms with Gasteiger partial charge in [-0.3, -0.25) is 4.98 Å². The first kappa shape index (κ1) is 17.9. The SMILES string of the molecule is Cl.O=S(=O)(Cc1cccc2cccnc12)NCC1=CCNCC1. The smallest absolute Gasteiger partial charge is 0.216 e. The van der Waals surface area contributed by atoms with Crippen LogP contribution >= 0.6 is 12.4 Å². The van der Waals surface area contributed by atoms with E-state index in [1.807, 2.05) is 36.4 Å². The van der Waals surface area contributed by atoms with Gasteiger partial charge in [-0.1, -0.05) is 35.9 Å². The molecule has 3 rings (SSSR count). The molecule has 1 aliphatic heterocycles. The minimum Gasteiger partial charge on any atom is -0.313 e. The lowest BCUT2D eigenvalue weighted by Crippen LogP contribution is -2.30. The molecule has 0 saturated carbocycles. The number of sulfonamides is 1. The largest absolute Gasteiger partial charge is 0.313 e. The van der Waals surface area contributed by atoms with E-state index in [0.717, 1.165) is 41.5 Å². The van der Waals surface area contributed by atoms with E-state index >= 15 is 0 Å². The number of benzene rings is 1. The van der Waals surface area contributed by atoms with Crippen LogP contribution in [-0.4, -0.2) is 33.0 Å². The van der Waals surface area contributed by atoms with Crippen LogP contribution in [0, 0.1) is 0 Å². The standard InChI is InChI=1S/C16H19N3O2S.ClH/c20-22(21,19-11-13-6-9-17-10-7-13)12-15-4-1-3-14-5-2-8-18-16(14)15;/h1-6,8,17,19H,7,9-12H2;1H. The van der Waals surface area contributed by atoms with Crippen LogP contribution in [0.5, 0.6) is 0 Å². The predicted octanol–water partition coefficient (Wildman–Crippen LogP) is 2.00. The number of para-hydroxylation sites is 1. The molecule has 7 heteroatoms. The summed E-state index contributed by atoms with van der Waals surface area (Å²) in [7, 11) is -3.38. The molecule has 0 spiro atoms. The summed E-state index contributed by atoms with van der Waals surface area (Å²) in [6.07, 6.45) is 4.62. The molecule has 1 aromatic carbocycles. The van der Waals surface area contributed by atoms with Crippen LogP contribution in [0.2, 0.25) is 0 Å². The Hall–Kier alpha value is -1.47. The molecule has 1 aliphatic rings. The van der Waals surface area contributed by atoms with Crippen LogP contribution in [0.3, 0.4) is 0 Å². The second kappa shape index (κ2) is 7.88. The van der Waals surface area contributed by atoms with Crippen molar-refractivity contribution in [3.05, 3.63) is 53.7 Å². The predicted molar refractivity (Wildman–Crippen MR) is 95.2 cm³/mol. The highest BCUT2D eigenvalue weighted by atomic mass is 35.5. The number of halogens is 1. The summed E-state index contributed by atoms with van der Waals surface area (Å²) in [4.78, 5) is 4.30. The van der Waals surface area contributed by atoms with Gasteiger partial charge in [0.25, 0.3) is 0 Å². The van der Waals surface area contributed by atoms with E-state index in [1.165, 1.54) is 0 Å². The lowest BCUT2D eigenvalue weighted by molar-refractivity contribution is 0.581. The van der Waals surface area contributed by atoms with Crippen molar-refractivity contribution in [2.24, 2.45) is 0 Å². The quantitative estimate of drug-likeness (QED) is 0.806. The van der Waals surface area contributed by atoms with Crippen molar-refractivity contribution in [3.8, 4) is 0 Å². The van der Waals surface area contributed by atoms with Crippen molar-refractivity contribution in [3.63, 3.8) is 0 Å². The van der Waals surface area contributed by atoms with Gasteiger partial charge in [0.1, 0.15) is 0 Å². The van der Waals surface area contributed by atoms with Crippen LogP contribution in [0.25, 0.3) is 10.9 Å². The number of hydrogen-bond donors (Lipinski definition) is 2. The number of hydrogen-bond acceptors (Lipinski definition) is 4. The van der Waals surface area contributed by atoms with E-state index in [9.17, 15) is 8.42 Å². The third-order valence-electron chi connectivity index (χ3n) is 3.74. The van der Waals surface area contributed by atoms with E-state index < -0.39 is 10.0 Å². The Morgan fingerprint density at radius 3 is 2.83 bits per heavy atom. The van der Waals surface area contributed by atoms with E-state index in [2.05, 4.69) is 15.0 Å². The van der Waals surface area contributed by atoms with Crippen molar-refractivity contribution < 1.29 is 8.42 Å². The molecule has 0 fully saturated rings. The molecular formula is C16H20ClN3O2S. The Morgan fingerprint density at radius 1 is 1.22 bits per heavy atom. The number of aromatic nitrogens is 1. The highest BCUT2D eigenvalue weighted by Gasteiger charge is 2.15. The summed E-state index contributed by atoms with van der Waals surface area (Å²) < 4.78 is 27.3. The summed E-state index contributed by atoms with van der Waals surface area (Å²) in [6, 6.07) is 9.41. The third-order valence-corrected chi connectivity index (χ3v) is 5.01. The van der Waals surface area contributed by atoms with Gasteiger partial charge in [-0.15, -0.1) is 12.4 Å². The summed E-state index contributed by atoms with van der Waals surface area (Å²) >= 11 is 0. The first-order valence-electron chi connectivity index (χ1n) is 7.33. The molecule has 2 N–H and O–H groups in total. The number of rotatable bonds is 5. The second-order valence-electron chi connectivity index (χ2n) is 5.39. The third kappa shape index (κ3) is 4.75. The number of pyridine rings is 1. The monoisotopic (exact) mass is 353 g/mol. The lowest BCUT2D eigenvalue weighted by atomic mass is 10.1. The first-order valence-corrected chi connectivity index (χ1v) is 8.98. The molecule has 0 amide bonds. The maximum Gasteiger partial charge on any atom is 0.216 e. The zero-order valence-corrected chi connectivity index (χ0v) is 14.3. The van der Waals surface area contributed by atoms with Crippen molar-refractivity contribution in [1.82, 2.24) is 15.0 Å². The maximum atomic E-state index is 12.3. The Labute approximate surface area is 142 Å². The van der Waals surface area contributed by atoms with E-state index in [0.29, 0.717) is 6.54 Å².